The van der Waals surface area contributed by atoms with Gasteiger partial charge in [0.1, 0.15) is 49.3 Å². The molecule has 9 atom stereocenters. The van der Waals surface area contributed by atoms with Crippen LogP contribution >= 0.6 is 0 Å². The third-order valence-electron chi connectivity index (χ3n) is 4.53. The number of hydrogen-bond donors (Lipinski definition) is 7. The Balaban J connectivity index is 0.00000392. The summed E-state index contributed by atoms with van der Waals surface area (Å²) in [6.45, 7) is -1.81. The van der Waals surface area contributed by atoms with Crippen molar-refractivity contribution >= 4 is 18.9 Å². The molecule has 0 aromatic rings. The van der Waals surface area contributed by atoms with Crippen LogP contribution in [0.15, 0.2) is 0 Å². The Hall–Kier alpha value is -0.353. The van der Waals surface area contributed by atoms with E-state index in [9.17, 15) is 35.7 Å². The first-order chi connectivity index (χ1) is 12.8. The molecule has 0 spiro atoms. The molecule has 12 nitrogen and oxygen atoms in total. The van der Waals surface area contributed by atoms with E-state index < -0.39 is 68.0 Å². The molecule has 158 valence electrons. The fourth-order valence-electron chi connectivity index (χ4n) is 2.94. The zero-order chi connectivity index (χ0) is 20.2. The summed E-state index contributed by atoms with van der Waals surface area (Å²) in [7, 11) is 0. The van der Waals surface area contributed by atoms with Gasteiger partial charge >= 0.3 is 18.9 Å². The zero-order valence-corrected chi connectivity index (χ0v) is 14.4. The molecular weight excluding hydrogens is 377 g/mol. The van der Waals surface area contributed by atoms with E-state index in [0.29, 0.717) is 0 Å². The minimum absolute atomic E-state index is 0. The van der Waals surface area contributed by atoms with Crippen LogP contribution in [0.25, 0.3) is 0 Å². The van der Waals surface area contributed by atoms with Crippen LogP contribution in [0.3, 0.4) is 0 Å². The van der Waals surface area contributed by atoms with E-state index in [4.69, 9.17) is 24.2 Å². The van der Waals surface area contributed by atoms with E-state index in [1.807, 2.05) is 6.07 Å². The van der Waals surface area contributed by atoms with Gasteiger partial charge < -0.3 is 54.7 Å². The number of rotatable bonds is 8. The van der Waals surface area contributed by atoms with E-state index in [1.165, 1.54) is 0 Å². The Morgan fingerprint density at radius 2 is 1.64 bits per heavy atom. The van der Waals surface area contributed by atoms with Gasteiger partial charge in [-0.15, -0.1) is 0 Å². The molecule has 0 aliphatic carbocycles. The monoisotopic (exact) mass is 403 g/mol. The van der Waals surface area contributed by atoms with Crippen LogP contribution in [0.4, 0.5) is 0 Å². The molecule has 2 fully saturated rings. The van der Waals surface area contributed by atoms with Gasteiger partial charge in [-0.3, -0.25) is 0 Å². The molecular formula is C15H26LiNO11. The molecule has 0 amide bonds. The van der Waals surface area contributed by atoms with Gasteiger partial charge in [-0.05, 0) is 0 Å². The van der Waals surface area contributed by atoms with E-state index in [0.717, 1.165) is 0 Å². The van der Waals surface area contributed by atoms with Crippen molar-refractivity contribution in [2.45, 2.75) is 61.2 Å². The van der Waals surface area contributed by atoms with Crippen molar-refractivity contribution in [2.24, 2.45) is 0 Å². The third-order valence-corrected chi connectivity index (χ3v) is 4.53. The van der Waals surface area contributed by atoms with Gasteiger partial charge in [-0.1, -0.05) is 0 Å². The summed E-state index contributed by atoms with van der Waals surface area (Å²) in [6.07, 6.45) is -12.4. The second-order valence-electron chi connectivity index (χ2n) is 6.36. The summed E-state index contributed by atoms with van der Waals surface area (Å²) in [6, 6.07) is 1.86. The maximum absolute atomic E-state index is 10.1. The molecule has 13 heteroatoms. The quantitative estimate of drug-likeness (QED) is 0.150. The van der Waals surface area contributed by atoms with Gasteiger partial charge in [0.15, 0.2) is 6.29 Å². The van der Waals surface area contributed by atoms with Crippen LogP contribution in [0.1, 0.15) is 6.42 Å². The summed E-state index contributed by atoms with van der Waals surface area (Å²) in [5.74, 6) is -2.23. The van der Waals surface area contributed by atoms with E-state index in [2.05, 4.69) is 0 Å². The molecule has 0 unspecified atom stereocenters. The van der Waals surface area contributed by atoms with Crippen LogP contribution in [0, 0.1) is 11.3 Å². The molecule has 2 aliphatic rings. The number of ether oxygens (including phenoxy) is 4. The van der Waals surface area contributed by atoms with Crippen molar-refractivity contribution in [2.75, 3.05) is 26.4 Å². The van der Waals surface area contributed by atoms with Crippen LogP contribution in [0.5, 0.6) is 0 Å². The Bertz CT molecular complexity index is 523. The van der Waals surface area contributed by atoms with Gasteiger partial charge in [0.25, 0.3) is 0 Å². The van der Waals surface area contributed by atoms with E-state index in [-0.39, 0.29) is 38.5 Å². The van der Waals surface area contributed by atoms with Gasteiger partial charge in [0, 0.05) is 0 Å². The zero-order valence-electron chi connectivity index (χ0n) is 14.4. The van der Waals surface area contributed by atoms with Crippen LogP contribution in [0.2, 0.25) is 0 Å². The molecule has 7 N–H and O–H groups in total. The third kappa shape index (κ3) is 5.22. The number of nitrogens with zero attached hydrogens (tertiary/aromatic N) is 1. The van der Waals surface area contributed by atoms with E-state index in [1.54, 1.807) is 0 Å². The minimum atomic E-state index is -2.23. The average Bonchev–Trinajstić information content (AvgIpc) is 2.91. The predicted octanol–water partition coefficient (Wildman–Crippen LogP) is -5.11. The summed E-state index contributed by atoms with van der Waals surface area (Å²) in [4.78, 5) is 0. The average molecular weight is 403 g/mol. The van der Waals surface area contributed by atoms with Crippen LogP contribution < -0.4 is 0 Å². The topological polar surface area (TPSA) is 202 Å². The normalized spacial score (nSPS) is 43.4. The molecule has 2 heterocycles. The fourth-order valence-corrected chi connectivity index (χ4v) is 2.94. The summed E-state index contributed by atoms with van der Waals surface area (Å²) < 4.78 is 21.1. The maximum atomic E-state index is 10.1. The van der Waals surface area contributed by atoms with Crippen molar-refractivity contribution in [1.29, 1.82) is 5.26 Å². The molecule has 28 heavy (non-hydrogen) atoms. The molecule has 0 bridgehead atoms. The first-order valence-corrected chi connectivity index (χ1v) is 8.39. The predicted molar refractivity (Wildman–Crippen MR) is 89.8 cm³/mol. The number of aliphatic hydroxyl groups excluding tert-OH is 7. The van der Waals surface area contributed by atoms with Gasteiger partial charge in [-0.25, -0.2) is 0 Å². The van der Waals surface area contributed by atoms with Crippen molar-refractivity contribution in [1.82, 2.24) is 0 Å². The number of aliphatic hydroxyl groups is 7. The van der Waals surface area contributed by atoms with Crippen molar-refractivity contribution < 1.29 is 54.7 Å². The first-order valence-electron chi connectivity index (χ1n) is 8.39. The number of hydrogen-bond acceptors (Lipinski definition) is 12. The molecule has 0 aromatic heterocycles. The SMILES string of the molecule is N#CCCOC[C@H]1O[C@H](O[C@]2(CO)O[C@H](CO)[C@@H](O)[C@@H]2O)[C@H](O)[C@@H](O)[C@@H]1O.[LiH]. The van der Waals surface area contributed by atoms with Crippen molar-refractivity contribution in [3.63, 3.8) is 0 Å². The van der Waals surface area contributed by atoms with Crippen LogP contribution in [-0.2, 0) is 18.9 Å². The number of nitriles is 1. The second kappa shape index (κ2) is 11.2. The molecule has 0 saturated carbocycles. The molecule has 2 rings (SSSR count). The molecule has 2 saturated heterocycles. The van der Waals surface area contributed by atoms with Gasteiger partial charge in [0.05, 0.1) is 32.3 Å². The molecule has 0 aromatic carbocycles. The standard InChI is InChI=1S/C15H25NO11.Li.H/c16-2-1-3-24-5-8-9(19)11(21)12(22)14(25-8)27-15(6-18)13(23)10(20)7(4-17)26-15;;/h7-14,17-23H,1,3-6H2;;/t7-,8-,9-,10-,11+,12-,13+,14-,15+;;/m1../s1. The summed E-state index contributed by atoms with van der Waals surface area (Å²) in [5, 5.41) is 77.4. The van der Waals surface area contributed by atoms with Crippen molar-refractivity contribution in [3.8, 4) is 6.07 Å². The van der Waals surface area contributed by atoms with Crippen molar-refractivity contribution in [3.05, 3.63) is 0 Å². The summed E-state index contributed by atoms with van der Waals surface area (Å²) in [5.41, 5.74) is 0. The first kappa shape index (κ1) is 25.7. The molecule has 2 aliphatic heterocycles. The Morgan fingerprint density at radius 1 is 0.964 bits per heavy atom. The van der Waals surface area contributed by atoms with Gasteiger partial charge in [0.2, 0.25) is 5.79 Å². The Kier molecular flexibility index (Phi) is 10.2. The summed E-state index contributed by atoms with van der Waals surface area (Å²) >= 11 is 0. The Labute approximate surface area is 173 Å². The fraction of sp³-hybridized carbons (Fsp3) is 0.933. The second-order valence-corrected chi connectivity index (χ2v) is 6.36. The van der Waals surface area contributed by atoms with E-state index >= 15 is 0 Å². The van der Waals surface area contributed by atoms with Gasteiger partial charge in [-0.2, -0.15) is 5.26 Å². The Morgan fingerprint density at radius 3 is 2.18 bits per heavy atom. The molecule has 0 radical (unpaired) electrons. The van der Waals surface area contributed by atoms with Crippen LogP contribution in [-0.4, -0.2) is 136 Å².